The summed E-state index contributed by atoms with van der Waals surface area (Å²) in [5, 5.41) is 7.84. The maximum absolute atomic E-state index is 5.57. The quantitative estimate of drug-likeness (QED) is 0.711. The zero-order valence-corrected chi connectivity index (χ0v) is 9.47. The fourth-order valence-corrected chi connectivity index (χ4v) is 1.19. The molecule has 1 aromatic rings. The summed E-state index contributed by atoms with van der Waals surface area (Å²) >= 11 is 5.57. The lowest BCUT2D eigenvalue weighted by Gasteiger charge is -2.21. The summed E-state index contributed by atoms with van der Waals surface area (Å²) in [6.07, 6.45) is 1.38. The highest BCUT2D eigenvalue weighted by atomic mass is 35.5. The minimum absolute atomic E-state index is 0.484. The molecule has 4 nitrogen and oxygen atoms in total. The molecule has 1 aromatic heterocycles. The number of methoxy groups -OCH3 is 1. The molecule has 0 amide bonds. The molecule has 0 aliphatic carbocycles. The second kappa shape index (κ2) is 4.75. The zero-order chi connectivity index (χ0) is 10.6. The maximum atomic E-state index is 5.57. The van der Waals surface area contributed by atoms with Crippen molar-refractivity contribution < 1.29 is 9.15 Å². The van der Waals surface area contributed by atoms with Crippen molar-refractivity contribution in [3.8, 4) is 0 Å². The second-order valence-electron chi connectivity index (χ2n) is 3.23. The number of ether oxygens (including phenoxy) is 1. The van der Waals surface area contributed by atoms with Crippen molar-refractivity contribution in [1.82, 2.24) is 10.2 Å². The average Bonchev–Trinajstić information content (AvgIpc) is 2.66. The lowest BCUT2D eigenvalue weighted by atomic mass is 10.0. The topological polar surface area (TPSA) is 48.2 Å². The van der Waals surface area contributed by atoms with E-state index in [9.17, 15) is 0 Å². The van der Waals surface area contributed by atoms with E-state index in [1.165, 1.54) is 0 Å². The van der Waals surface area contributed by atoms with Gasteiger partial charge < -0.3 is 9.15 Å². The van der Waals surface area contributed by atoms with Gasteiger partial charge >= 0.3 is 0 Å². The smallest absolute Gasteiger partial charge is 0.247 e. The number of hydrogen-bond acceptors (Lipinski definition) is 4. The highest BCUT2D eigenvalue weighted by molar-refractivity contribution is 6.17. The van der Waals surface area contributed by atoms with Crippen molar-refractivity contribution in [3.63, 3.8) is 0 Å². The first-order valence-corrected chi connectivity index (χ1v) is 5.13. The number of hydrogen-bond donors (Lipinski definition) is 0. The molecule has 0 N–H and O–H groups in total. The molecule has 0 spiro atoms. The fraction of sp³-hybridized carbons (Fsp3) is 0.778. The Kier molecular flexibility index (Phi) is 3.89. The Morgan fingerprint density at radius 3 is 2.71 bits per heavy atom. The first-order chi connectivity index (χ1) is 6.66. The van der Waals surface area contributed by atoms with Crippen LogP contribution in [0.15, 0.2) is 4.42 Å². The first kappa shape index (κ1) is 11.5. The third-order valence-corrected chi connectivity index (χ3v) is 2.54. The third-order valence-electron chi connectivity index (χ3n) is 2.35. The van der Waals surface area contributed by atoms with E-state index in [-0.39, 0.29) is 0 Å². The molecule has 5 heteroatoms. The van der Waals surface area contributed by atoms with Crippen LogP contribution in [0, 0.1) is 0 Å². The van der Waals surface area contributed by atoms with Crippen molar-refractivity contribution in [1.29, 1.82) is 0 Å². The molecule has 1 rings (SSSR count). The number of aromatic nitrogens is 2. The summed E-state index contributed by atoms with van der Waals surface area (Å²) < 4.78 is 10.8. The molecule has 0 aliphatic rings. The molecule has 1 heterocycles. The van der Waals surface area contributed by atoms with Gasteiger partial charge in [-0.15, -0.1) is 21.8 Å². The van der Waals surface area contributed by atoms with Crippen molar-refractivity contribution >= 4 is 11.6 Å². The van der Waals surface area contributed by atoms with Gasteiger partial charge in [-0.25, -0.2) is 0 Å². The molecule has 14 heavy (non-hydrogen) atoms. The summed E-state index contributed by atoms with van der Waals surface area (Å²) in [6.45, 7) is 3.93. The Hall–Kier alpha value is -0.610. The van der Waals surface area contributed by atoms with E-state index in [2.05, 4.69) is 10.2 Å². The minimum atomic E-state index is -0.489. The molecule has 1 atom stereocenters. The second-order valence-corrected chi connectivity index (χ2v) is 3.61. The monoisotopic (exact) mass is 218 g/mol. The van der Waals surface area contributed by atoms with Crippen LogP contribution in [-0.4, -0.2) is 23.2 Å². The highest BCUT2D eigenvalue weighted by Crippen LogP contribution is 2.26. The molecule has 0 aliphatic heterocycles. The van der Waals surface area contributed by atoms with E-state index in [1.54, 1.807) is 7.11 Å². The van der Waals surface area contributed by atoms with E-state index in [0.717, 1.165) is 6.42 Å². The molecule has 80 valence electrons. The number of alkyl halides is 1. The zero-order valence-electron chi connectivity index (χ0n) is 8.71. The van der Waals surface area contributed by atoms with Crippen LogP contribution in [0.3, 0.4) is 0 Å². The first-order valence-electron chi connectivity index (χ1n) is 4.60. The van der Waals surface area contributed by atoms with Crippen LogP contribution in [0.25, 0.3) is 0 Å². The fourth-order valence-electron chi connectivity index (χ4n) is 1.03. The maximum Gasteiger partial charge on any atom is 0.247 e. The van der Waals surface area contributed by atoms with Crippen LogP contribution < -0.4 is 0 Å². The van der Waals surface area contributed by atoms with Gasteiger partial charge in [-0.1, -0.05) is 6.92 Å². The van der Waals surface area contributed by atoms with Gasteiger partial charge in [-0.3, -0.25) is 0 Å². The molecule has 0 radical (unpaired) electrons. The number of halogens is 1. The Labute approximate surface area is 88.6 Å². The van der Waals surface area contributed by atoms with Gasteiger partial charge in [0.1, 0.15) is 5.60 Å². The average molecular weight is 219 g/mol. The number of rotatable bonds is 5. The molecule has 0 saturated heterocycles. The van der Waals surface area contributed by atoms with E-state index >= 15 is 0 Å². The Bertz CT molecular complexity index is 284. The van der Waals surface area contributed by atoms with Gasteiger partial charge in [-0.2, -0.15) is 0 Å². The Morgan fingerprint density at radius 2 is 2.21 bits per heavy atom. The Morgan fingerprint density at radius 1 is 1.50 bits per heavy atom. The standard InChI is InChI=1S/C9H15ClN2O2/c1-4-9(2,13-3)8-12-11-7(14-8)5-6-10/h4-6H2,1-3H3. The molecule has 0 bridgehead atoms. The summed E-state index contributed by atoms with van der Waals surface area (Å²) in [4.78, 5) is 0. The van der Waals surface area contributed by atoms with Gasteiger partial charge in [0.25, 0.3) is 0 Å². The highest BCUT2D eigenvalue weighted by Gasteiger charge is 2.30. The van der Waals surface area contributed by atoms with Crippen molar-refractivity contribution in [2.24, 2.45) is 0 Å². The minimum Gasteiger partial charge on any atom is -0.422 e. The summed E-state index contributed by atoms with van der Waals surface area (Å²) in [6, 6.07) is 0. The van der Waals surface area contributed by atoms with Gasteiger partial charge in [0.05, 0.1) is 0 Å². The van der Waals surface area contributed by atoms with Crippen molar-refractivity contribution in [2.75, 3.05) is 13.0 Å². The summed E-state index contributed by atoms with van der Waals surface area (Å²) in [5.74, 6) is 1.56. The molecule has 0 aromatic carbocycles. The van der Waals surface area contributed by atoms with E-state index in [0.29, 0.717) is 24.1 Å². The predicted molar refractivity (Wildman–Crippen MR) is 53.4 cm³/mol. The molecular formula is C9H15ClN2O2. The van der Waals surface area contributed by atoms with Crippen molar-refractivity contribution in [3.05, 3.63) is 11.8 Å². The van der Waals surface area contributed by atoms with Crippen LogP contribution in [0.2, 0.25) is 0 Å². The summed E-state index contributed by atoms with van der Waals surface area (Å²) in [5.41, 5.74) is -0.489. The molecular weight excluding hydrogens is 204 g/mol. The van der Waals surface area contributed by atoms with Crippen LogP contribution in [0.1, 0.15) is 32.0 Å². The van der Waals surface area contributed by atoms with E-state index < -0.39 is 5.60 Å². The van der Waals surface area contributed by atoms with Gasteiger partial charge in [0, 0.05) is 19.4 Å². The lowest BCUT2D eigenvalue weighted by molar-refractivity contribution is -0.0241. The van der Waals surface area contributed by atoms with Crippen LogP contribution >= 0.6 is 11.6 Å². The molecule has 0 saturated carbocycles. The van der Waals surface area contributed by atoms with E-state index in [1.807, 2.05) is 13.8 Å². The molecule has 1 unspecified atom stereocenters. The Balaban J connectivity index is 2.84. The van der Waals surface area contributed by atoms with E-state index in [4.69, 9.17) is 20.8 Å². The molecule has 0 fully saturated rings. The predicted octanol–water partition coefficient (Wildman–Crippen LogP) is 2.12. The summed E-state index contributed by atoms with van der Waals surface area (Å²) in [7, 11) is 1.63. The van der Waals surface area contributed by atoms with Gasteiger partial charge in [0.15, 0.2) is 0 Å². The van der Waals surface area contributed by atoms with Crippen LogP contribution in [0.4, 0.5) is 0 Å². The third kappa shape index (κ3) is 2.25. The number of aryl methyl sites for hydroxylation is 1. The normalized spacial score (nSPS) is 15.4. The van der Waals surface area contributed by atoms with Crippen LogP contribution in [-0.2, 0) is 16.8 Å². The van der Waals surface area contributed by atoms with Crippen LogP contribution in [0.5, 0.6) is 0 Å². The number of nitrogens with zero attached hydrogens (tertiary/aromatic N) is 2. The largest absolute Gasteiger partial charge is 0.422 e. The lowest BCUT2D eigenvalue weighted by Crippen LogP contribution is -2.23. The van der Waals surface area contributed by atoms with Gasteiger partial charge in [-0.05, 0) is 13.3 Å². The van der Waals surface area contributed by atoms with Gasteiger partial charge in [0.2, 0.25) is 11.8 Å². The SMILES string of the molecule is CCC(C)(OC)c1nnc(CCCl)o1. The van der Waals surface area contributed by atoms with Crippen molar-refractivity contribution in [2.45, 2.75) is 32.3 Å².